The van der Waals surface area contributed by atoms with Crippen molar-refractivity contribution < 1.29 is 9.53 Å². The molecule has 0 N–H and O–H groups in total. The van der Waals surface area contributed by atoms with E-state index in [1.54, 1.807) is 7.11 Å². The average Bonchev–Trinajstić information content (AvgIpc) is 3.25. The minimum atomic E-state index is -0.213. The second-order valence-electron chi connectivity index (χ2n) is 8.70. The van der Waals surface area contributed by atoms with Crippen LogP contribution in [0.2, 0.25) is 0 Å². The number of anilines is 1. The van der Waals surface area contributed by atoms with Gasteiger partial charge in [-0.25, -0.2) is 0 Å². The Labute approximate surface area is 204 Å². The average molecular weight is 472 g/mol. The van der Waals surface area contributed by atoms with Crippen LogP contribution >= 0.6 is 0 Å². The molecule has 0 aromatic heterocycles. The highest BCUT2D eigenvalue weighted by atomic mass is 16.5. The van der Waals surface area contributed by atoms with E-state index in [0.29, 0.717) is 35.6 Å². The zero-order chi connectivity index (χ0) is 24.4. The van der Waals surface area contributed by atoms with E-state index < -0.39 is 0 Å². The Morgan fingerprint density at radius 3 is 2.31 bits per heavy atom. The van der Waals surface area contributed by atoms with Crippen LogP contribution in [0.25, 0.3) is 16.9 Å². The lowest BCUT2D eigenvalue weighted by Crippen LogP contribution is -2.49. The van der Waals surface area contributed by atoms with Crippen LogP contribution in [0.4, 0.5) is 5.69 Å². The van der Waals surface area contributed by atoms with Crippen molar-refractivity contribution >= 4 is 11.6 Å². The van der Waals surface area contributed by atoms with Gasteiger partial charge in [0.05, 0.1) is 23.9 Å². The maximum absolute atomic E-state index is 13.7. The molecule has 1 saturated heterocycles. The summed E-state index contributed by atoms with van der Waals surface area (Å²) in [5.41, 5.74) is 2.97. The molecule has 180 valence electrons. The number of nitrogens with zero attached hydrogens (tertiary/aromatic N) is 5. The van der Waals surface area contributed by atoms with Gasteiger partial charge in [-0.15, -0.1) is 0 Å². The summed E-state index contributed by atoms with van der Waals surface area (Å²) in [5, 5.41) is 4.60. The summed E-state index contributed by atoms with van der Waals surface area (Å²) in [6.45, 7) is 5.44. The molecular formula is C27H29N5O3. The molecule has 1 amide bonds. The standard InChI is InChI=1S/C27H29N5O3/c1-3-13-29-18-23(25-24(19-29)27(34)32(28-25)21-7-5-4-6-8-21)26(33)31-16-14-30(15-17-31)20-9-11-22(35-2)12-10-20/h4-12,18-19H,3,13-17H2,1-2H3. The first kappa shape index (κ1) is 22.7. The monoisotopic (exact) mass is 471 g/mol. The molecule has 8 heteroatoms. The molecular weight excluding hydrogens is 442 g/mol. The molecule has 5 rings (SSSR count). The first-order chi connectivity index (χ1) is 17.1. The summed E-state index contributed by atoms with van der Waals surface area (Å²) < 4.78 is 8.57. The SMILES string of the molecule is CCCn1cc(C(=O)N2CCN(c3ccc(OC)cc3)CC2)c2nn(-c3ccccc3)c(=O)c-2c1. The fraction of sp³-hybridized carbons (Fsp3) is 0.296. The molecule has 3 aliphatic rings. The zero-order valence-electron chi connectivity index (χ0n) is 20.1. The maximum atomic E-state index is 13.7. The van der Waals surface area contributed by atoms with Gasteiger partial charge in [-0.1, -0.05) is 25.1 Å². The third-order valence-corrected chi connectivity index (χ3v) is 6.44. The quantitative estimate of drug-likeness (QED) is 0.430. The van der Waals surface area contributed by atoms with Crippen LogP contribution < -0.4 is 15.2 Å². The van der Waals surface area contributed by atoms with Gasteiger partial charge in [-0.05, 0) is 42.8 Å². The van der Waals surface area contributed by atoms with Crippen molar-refractivity contribution in [1.29, 1.82) is 0 Å². The first-order valence-corrected chi connectivity index (χ1v) is 12.0. The van der Waals surface area contributed by atoms with Crippen LogP contribution in [0, 0.1) is 0 Å². The van der Waals surface area contributed by atoms with Crippen LogP contribution in [0.15, 0.2) is 71.8 Å². The molecule has 8 nitrogen and oxygen atoms in total. The van der Waals surface area contributed by atoms with Gasteiger partial charge in [0.25, 0.3) is 11.5 Å². The number of fused-ring (bicyclic) bond motifs is 1. The molecule has 0 aliphatic carbocycles. The molecule has 0 saturated carbocycles. The number of aryl methyl sites for hydroxylation is 1. The third-order valence-electron chi connectivity index (χ3n) is 6.44. The van der Waals surface area contributed by atoms with E-state index >= 15 is 0 Å². The highest BCUT2D eigenvalue weighted by Crippen LogP contribution is 2.25. The van der Waals surface area contributed by atoms with E-state index in [-0.39, 0.29) is 11.5 Å². The third kappa shape index (κ3) is 4.39. The van der Waals surface area contributed by atoms with Crippen LogP contribution in [0.1, 0.15) is 23.7 Å². The Kier molecular flexibility index (Phi) is 6.27. The molecule has 0 radical (unpaired) electrons. The van der Waals surface area contributed by atoms with E-state index in [1.807, 2.05) is 76.5 Å². The van der Waals surface area contributed by atoms with Gasteiger partial charge in [0.15, 0.2) is 0 Å². The zero-order valence-corrected chi connectivity index (χ0v) is 20.1. The summed E-state index contributed by atoms with van der Waals surface area (Å²) in [7, 11) is 1.66. The van der Waals surface area contributed by atoms with Crippen LogP contribution in [-0.4, -0.2) is 58.4 Å². The predicted octanol–water partition coefficient (Wildman–Crippen LogP) is 3.52. The number of rotatable bonds is 6. The molecule has 2 aromatic carbocycles. The highest BCUT2D eigenvalue weighted by molar-refractivity contribution is 6.00. The summed E-state index contributed by atoms with van der Waals surface area (Å²) in [6.07, 6.45) is 4.54. The van der Waals surface area contributed by atoms with E-state index in [9.17, 15) is 9.59 Å². The number of aromatic nitrogens is 3. The summed E-state index contributed by atoms with van der Waals surface area (Å²) in [5.74, 6) is 0.733. The Morgan fingerprint density at radius 2 is 1.66 bits per heavy atom. The molecule has 0 spiro atoms. The Morgan fingerprint density at radius 1 is 0.943 bits per heavy atom. The second-order valence-corrected chi connectivity index (χ2v) is 8.70. The second kappa shape index (κ2) is 9.66. The fourth-order valence-electron chi connectivity index (χ4n) is 4.58. The maximum Gasteiger partial charge on any atom is 0.282 e. The minimum Gasteiger partial charge on any atom is -0.497 e. The number of hydrogen-bond acceptors (Lipinski definition) is 5. The number of piperazine rings is 1. The van der Waals surface area contributed by atoms with Crippen molar-refractivity contribution in [2.75, 3.05) is 38.2 Å². The Balaban J connectivity index is 1.43. The smallest absolute Gasteiger partial charge is 0.282 e. The number of benzene rings is 2. The topological polar surface area (TPSA) is 72.6 Å². The van der Waals surface area contributed by atoms with Gasteiger partial charge in [0, 0.05) is 50.8 Å². The van der Waals surface area contributed by atoms with E-state index in [2.05, 4.69) is 16.9 Å². The first-order valence-electron chi connectivity index (χ1n) is 12.0. The minimum absolute atomic E-state index is 0.0902. The number of carbonyl (C=O) groups excluding carboxylic acids is 1. The van der Waals surface area contributed by atoms with Gasteiger partial charge in [-0.2, -0.15) is 9.78 Å². The number of para-hydroxylation sites is 1. The van der Waals surface area contributed by atoms with Crippen molar-refractivity contribution in [3.63, 3.8) is 0 Å². The molecule has 0 bridgehead atoms. The van der Waals surface area contributed by atoms with Crippen LogP contribution in [0.3, 0.4) is 0 Å². The number of hydrogen-bond donors (Lipinski definition) is 0. The molecule has 35 heavy (non-hydrogen) atoms. The number of pyridine rings is 1. The van der Waals surface area contributed by atoms with Gasteiger partial charge in [0.2, 0.25) is 0 Å². The summed E-state index contributed by atoms with van der Waals surface area (Å²) >= 11 is 0. The molecule has 2 aromatic rings. The normalized spacial score (nSPS) is 13.9. The molecule has 1 fully saturated rings. The van der Waals surface area contributed by atoms with E-state index in [0.717, 1.165) is 37.5 Å². The molecule has 3 heterocycles. The number of ether oxygens (including phenoxy) is 1. The fourth-order valence-corrected chi connectivity index (χ4v) is 4.58. The van der Waals surface area contributed by atoms with Gasteiger partial charge >= 0.3 is 0 Å². The molecule has 0 atom stereocenters. The molecule has 0 unspecified atom stereocenters. The lowest BCUT2D eigenvalue weighted by Gasteiger charge is -2.36. The lowest BCUT2D eigenvalue weighted by atomic mass is 10.1. The van der Waals surface area contributed by atoms with Gasteiger partial charge < -0.3 is 19.1 Å². The number of methoxy groups -OCH3 is 1. The summed E-state index contributed by atoms with van der Waals surface area (Å²) in [4.78, 5) is 31.0. The summed E-state index contributed by atoms with van der Waals surface area (Å²) in [6, 6.07) is 17.3. The highest BCUT2D eigenvalue weighted by Gasteiger charge is 2.29. The van der Waals surface area contributed by atoms with Crippen molar-refractivity contribution in [1.82, 2.24) is 19.2 Å². The Bertz CT molecular complexity index is 1340. The largest absolute Gasteiger partial charge is 0.497 e. The Hall–Kier alpha value is -4.07. The van der Waals surface area contributed by atoms with Crippen molar-refractivity contribution in [2.45, 2.75) is 19.9 Å². The van der Waals surface area contributed by atoms with E-state index in [1.165, 1.54) is 4.68 Å². The van der Waals surface area contributed by atoms with Crippen LogP contribution in [0.5, 0.6) is 5.75 Å². The molecule has 3 aliphatic heterocycles. The van der Waals surface area contributed by atoms with Gasteiger partial charge in [-0.3, -0.25) is 9.59 Å². The van der Waals surface area contributed by atoms with Crippen molar-refractivity contribution in [3.8, 4) is 22.7 Å². The van der Waals surface area contributed by atoms with Gasteiger partial charge in [0.1, 0.15) is 11.4 Å². The van der Waals surface area contributed by atoms with Crippen molar-refractivity contribution in [2.24, 2.45) is 0 Å². The van der Waals surface area contributed by atoms with E-state index in [4.69, 9.17) is 4.74 Å². The number of carbonyl (C=O) groups is 1. The van der Waals surface area contributed by atoms with Crippen LogP contribution in [-0.2, 0) is 6.54 Å². The predicted molar refractivity (Wildman–Crippen MR) is 136 cm³/mol. The number of amides is 1. The lowest BCUT2D eigenvalue weighted by molar-refractivity contribution is 0.0746. The van der Waals surface area contributed by atoms with Crippen molar-refractivity contribution in [3.05, 3.63) is 82.9 Å².